The molecule has 1 amide bonds. The molecule has 0 aliphatic heterocycles. The number of anilines is 1. The Hall–Kier alpha value is -2.15. The van der Waals surface area contributed by atoms with Gasteiger partial charge in [0.25, 0.3) is 5.91 Å². The van der Waals surface area contributed by atoms with E-state index in [1.807, 2.05) is 6.26 Å². The van der Waals surface area contributed by atoms with E-state index in [9.17, 15) is 18.0 Å². The fourth-order valence-electron chi connectivity index (χ4n) is 1.80. The highest BCUT2D eigenvalue weighted by Crippen LogP contribution is 2.27. The molecule has 2 aromatic carbocycles. The maximum absolute atomic E-state index is 13.6. The van der Waals surface area contributed by atoms with Gasteiger partial charge in [0.15, 0.2) is 17.5 Å². The minimum Gasteiger partial charge on any atom is -0.496 e. The fourth-order valence-corrected chi connectivity index (χ4v) is 2.23. The van der Waals surface area contributed by atoms with Crippen molar-refractivity contribution in [1.29, 1.82) is 0 Å². The van der Waals surface area contributed by atoms with Crippen LogP contribution in [-0.4, -0.2) is 19.3 Å². The number of benzene rings is 2. The summed E-state index contributed by atoms with van der Waals surface area (Å²) in [5.41, 5.74) is -0.288. The second-order valence-electron chi connectivity index (χ2n) is 4.24. The Balaban J connectivity index is 2.32. The molecule has 0 saturated carbocycles. The van der Waals surface area contributed by atoms with Crippen LogP contribution in [0.15, 0.2) is 35.2 Å². The Morgan fingerprint density at radius 2 is 1.86 bits per heavy atom. The van der Waals surface area contributed by atoms with Crippen LogP contribution in [-0.2, 0) is 0 Å². The molecule has 1 N–H and O–H groups in total. The Morgan fingerprint density at radius 3 is 2.50 bits per heavy atom. The summed E-state index contributed by atoms with van der Waals surface area (Å²) in [6.45, 7) is 0. The molecule has 3 nitrogen and oxygen atoms in total. The largest absolute Gasteiger partial charge is 0.496 e. The molecule has 0 bridgehead atoms. The first-order chi connectivity index (χ1) is 10.5. The number of methoxy groups -OCH3 is 1. The Labute approximate surface area is 129 Å². The van der Waals surface area contributed by atoms with E-state index < -0.39 is 29.0 Å². The summed E-state index contributed by atoms with van der Waals surface area (Å²) in [4.78, 5) is 13.0. The van der Waals surface area contributed by atoms with E-state index in [0.29, 0.717) is 5.75 Å². The predicted molar refractivity (Wildman–Crippen MR) is 79.0 cm³/mol. The van der Waals surface area contributed by atoms with E-state index in [0.717, 1.165) is 17.0 Å². The lowest BCUT2D eigenvalue weighted by Gasteiger charge is -2.11. The van der Waals surface area contributed by atoms with Crippen molar-refractivity contribution in [2.24, 2.45) is 0 Å². The molecule has 0 fully saturated rings. The highest BCUT2D eigenvalue weighted by molar-refractivity contribution is 7.98. The standard InChI is InChI=1S/C15H12F3NO2S/c1-21-12-7-8(22-2)3-4-9(12)15(20)19-11-6-5-10(16)13(17)14(11)18/h3-7H,1-2H3,(H,19,20). The van der Waals surface area contributed by atoms with Gasteiger partial charge >= 0.3 is 0 Å². The summed E-state index contributed by atoms with van der Waals surface area (Å²) in [5, 5.41) is 2.20. The van der Waals surface area contributed by atoms with Crippen LogP contribution in [0, 0.1) is 17.5 Å². The summed E-state index contributed by atoms with van der Waals surface area (Å²) >= 11 is 1.47. The van der Waals surface area contributed by atoms with Crippen LogP contribution in [0.3, 0.4) is 0 Å². The molecule has 0 aromatic heterocycles. The van der Waals surface area contributed by atoms with Gasteiger partial charge in [0.05, 0.1) is 18.4 Å². The zero-order chi connectivity index (χ0) is 16.3. The third-order valence-corrected chi connectivity index (χ3v) is 3.66. The number of nitrogens with one attached hydrogen (secondary N) is 1. The maximum atomic E-state index is 13.6. The van der Waals surface area contributed by atoms with Gasteiger partial charge in [-0.2, -0.15) is 0 Å². The van der Waals surface area contributed by atoms with Crippen LogP contribution in [0.25, 0.3) is 0 Å². The monoisotopic (exact) mass is 327 g/mol. The van der Waals surface area contributed by atoms with Crippen LogP contribution in [0.1, 0.15) is 10.4 Å². The lowest BCUT2D eigenvalue weighted by molar-refractivity contribution is 0.102. The smallest absolute Gasteiger partial charge is 0.259 e. The number of hydrogen-bond acceptors (Lipinski definition) is 3. The summed E-state index contributed by atoms with van der Waals surface area (Å²) in [7, 11) is 1.40. The van der Waals surface area contributed by atoms with Crippen LogP contribution < -0.4 is 10.1 Å². The van der Waals surface area contributed by atoms with Crippen LogP contribution in [0.5, 0.6) is 5.75 Å². The fraction of sp³-hybridized carbons (Fsp3) is 0.133. The summed E-state index contributed by atoms with van der Waals surface area (Å²) < 4.78 is 44.7. The maximum Gasteiger partial charge on any atom is 0.259 e. The van der Waals surface area contributed by atoms with Crippen LogP contribution in [0.4, 0.5) is 18.9 Å². The van der Waals surface area contributed by atoms with Gasteiger partial charge in [0.1, 0.15) is 5.75 Å². The predicted octanol–water partition coefficient (Wildman–Crippen LogP) is 4.09. The lowest BCUT2D eigenvalue weighted by atomic mass is 10.1. The molecule has 0 spiro atoms. The number of carbonyl (C=O) groups is 1. The number of rotatable bonds is 4. The Kier molecular flexibility index (Phi) is 4.97. The van der Waals surface area contributed by atoms with Crippen molar-refractivity contribution < 1.29 is 22.7 Å². The lowest BCUT2D eigenvalue weighted by Crippen LogP contribution is -2.15. The van der Waals surface area contributed by atoms with Gasteiger partial charge in [0.2, 0.25) is 0 Å². The number of amides is 1. The van der Waals surface area contributed by atoms with E-state index >= 15 is 0 Å². The molecule has 0 aliphatic carbocycles. The van der Waals surface area contributed by atoms with Gasteiger partial charge in [-0.05, 0) is 36.6 Å². The van der Waals surface area contributed by atoms with Gasteiger partial charge in [-0.15, -0.1) is 11.8 Å². The van der Waals surface area contributed by atoms with Crippen molar-refractivity contribution in [1.82, 2.24) is 0 Å². The molecule has 0 radical (unpaired) electrons. The minimum absolute atomic E-state index is 0.157. The molecule has 2 aromatic rings. The number of hydrogen-bond donors (Lipinski definition) is 1. The molecular formula is C15H12F3NO2S. The highest BCUT2D eigenvalue weighted by atomic mass is 32.2. The zero-order valence-corrected chi connectivity index (χ0v) is 12.6. The highest BCUT2D eigenvalue weighted by Gasteiger charge is 2.18. The van der Waals surface area contributed by atoms with E-state index in [1.54, 1.807) is 12.1 Å². The van der Waals surface area contributed by atoms with Crippen LogP contribution >= 0.6 is 11.8 Å². The van der Waals surface area contributed by atoms with Crippen LogP contribution in [0.2, 0.25) is 0 Å². The third kappa shape index (κ3) is 3.19. The molecule has 0 atom stereocenters. The van der Waals surface area contributed by atoms with Gasteiger partial charge < -0.3 is 10.1 Å². The molecule has 0 aliphatic rings. The molecule has 0 unspecified atom stereocenters. The quantitative estimate of drug-likeness (QED) is 0.679. The average molecular weight is 327 g/mol. The van der Waals surface area contributed by atoms with Gasteiger partial charge in [-0.1, -0.05) is 0 Å². The Bertz CT molecular complexity index is 722. The van der Waals surface area contributed by atoms with E-state index in [4.69, 9.17) is 4.74 Å². The van der Waals surface area contributed by atoms with Crippen molar-refractivity contribution in [3.05, 3.63) is 53.3 Å². The molecule has 22 heavy (non-hydrogen) atoms. The summed E-state index contributed by atoms with van der Waals surface area (Å²) in [6, 6.07) is 6.55. The van der Waals surface area contributed by atoms with Crippen molar-refractivity contribution in [3.8, 4) is 5.75 Å². The van der Waals surface area contributed by atoms with Crippen molar-refractivity contribution in [2.45, 2.75) is 4.90 Å². The molecule has 7 heteroatoms. The normalized spacial score (nSPS) is 10.4. The number of thioether (sulfide) groups is 1. The van der Waals surface area contributed by atoms with Crippen molar-refractivity contribution >= 4 is 23.4 Å². The first-order valence-electron chi connectivity index (χ1n) is 6.14. The molecule has 2 rings (SSSR count). The van der Waals surface area contributed by atoms with Gasteiger partial charge in [-0.25, -0.2) is 13.2 Å². The molecular weight excluding hydrogens is 315 g/mol. The van der Waals surface area contributed by atoms with Gasteiger partial charge in [0, 0.05) is 4.90 Å². The van der Waals surface area contributed by atoms with E-state index in [1.165, 1.54) is 24.9 Å². The molecule has 0 heterocycles. The first-order valence-corrected chi connectivity index (χ1v) is 7.37. The number of halogens is 3. The van der Waals surface area contributed by atoms with Crippen molar-refractivity contribution in [2.75, 3.05) is 18.7 Å². The molecule has 116 valence electrons. The SMILES string of the molecule is COc1cc(SC)ccc1C(=O)Nc1ccc(F)c(F)c1F. The number of carbonyl (C=O) groups excluding carboxylic acids is 1. The topological polar surface area (TPSA) is 38.3 Å². The van der Waals surface area contributed by atoms with Gasteiger partial charge in [-0.3, -0.25) is 4.79 Å². The second-order valence-corrected chi connectivity index (χ2v) is 5.12. The first kappa shape index (κ1) is 16.2. The minimum atomic E-state index is -1.64. The van der Waals surface area contributed by atoms with E-state index in [2.05, 4.69) is 5.32 Å². The summed E-state index contributed by atoms with van der Waals surface area (Å²) in [5.74, 6) is -4.80. The second kappa shape index (κ2) is 6.74. The van der Waals surface area contributed by atoms with E-state index in [-0.39, 0.29) is 5.56 Å². The zero-order valence-electron chi connectivity index (χ0n) is 11.7. The Morgan fingerprint density at radius 1 is 1.14 bits per heavy atom. The molecule has 0 saturated heterocycles. The number of ether oxygens (including phenoxy) is 1. The average Bonchev–Trinajstić information content (AvgIpc) is 2.54. The third-order valence-electron chi connectivity index (χ3n) is 2.94. The summed E-state index contributed by atoms with van der Waals surface area (Å²) in [6.07, 6.45) is 1.87. The van der Waals surface area contributed by atoms with Crippen molar-refractivity contribution in [3.63, 3.8) is 0 Å².